The molecule has 1 N–H and O–H groups in total. The van der Waals surface area contributed by atoms with Crippen LogP contribution in [0.1, 0.15) is 42.2 Å². The number of methoxy groups -OCH3 is 1. The molecular weight excluding hydrogens is 696 g/mol. The van der Waals surface area contributed by atoms with Crippen LogP contribution >= 0.6 is 79.6 Å². The van der Waals surface area contributed by atoms with Gasteiger partial charge < -0.3 is 9.84 Å². The molecule has 0 aliphatic heterocycles. The van der Waals surface area contributed by atoms with Gasteiger partial charge in [0.05, 0.1) is 18.2 Å². The van der Waals surface area contributed by atoms with Gasteiger partial charge in [0.2, 0.25) is 0 Å². The lowest BCUT2D eigenvalue weighted by Crippen LogP contribution is -2.02. The van der Waals surface area contributed by atoms with Crippen LogP contribution in [-0.2, 0) is 10.1 Å². The number of halogens is 5. The molecule has 2 aromatic rings. The lowest BCUT2D eigenvalue weighted by molar-refractivity contribution is 0.0599. The number of carbonyl (C=O) groups excluding carboxylic acids is 2. The number of carbonyl (C=O) groups is 3. The van der Waals surface area contributed by atoms with Gasteiger partial charge in [0.1, 0.15) is 0 Å². The third kappa shape index (κ3) is 6.22. The standard InChI is InChI=1S/C9H7Br3O2.C9H6Br2O3/c1-4-5(9(13)14)2-7(11)6(3-10)8(4)12;1-14-9(13)5-2-7(10)6(4-12)8(11)3-5/h2H,3H2,1H3,(H,13,14);2-4H,1H3. The van der Waals surface area contributed by atoms with Gasteiger partial charge in [-0.25, -0.2) is 9.59 Å². The first kappa shape index (κ1) is 25.5. The van der Waals surface area contributed by atoms with E-state index in [-0.39, 0.29) is 0 Å². The Morgan fingerprint density at radius 1 is 1.07 bits per heavy atom. The van der Waals surface area contributed by atoms with Crippen molar-refractivity contribution in [2.45, 2.75) is 12.3 Å². The van der Waals surface area contributed by atoms with Gasteiger partial charge in [-0.05, 0) is 68.1 Å². The van der Waals surface area contributed by atoms with Gasteiger partial charge in [-0.1, -0.05) is 47.8 Å². The second-order valence-corrected chi connectivity index (χ2v) is 9.14. The first-order valence-electron chi connectivity index (χ1n) is 7.38. The summed E-state index contributed by atoms with van der Waals surface area (Å²) < 4.78 is 7.30. The number of hydrogen-bond acceptors (Lipinski definition) is 4. The minimum absolute atomic E-state index is 0.313. The summed E-state index contributed by atoms with van der Waals surface area (Å²) in [5.41, 5.74) is 2.94. The van der Waals surface area contributed by atoms with Gasteiger partial charge in [-0.15, -0.1) is 0 Å². The van der Waals surface area contributed by atoms with Gasteiger partial charge in [-0.2, -0.15) is 0 Å². The van der Waals surface area contributed by atoms with E-state index in [1.54, 1.807) is 25.1 Å². The number of alkyl halides is 1. The molecule has 0 heterocycles. The van der Waals surface area contributed by atoms with Crippen LogP contribution in [0.4, 0.5) is 0 Å². The van der Waals surface area contributed by atoms with Crippen molar-refractivity contribution in [1.82, 2.24) is 0 Å². The highest BCUT2D eigenvalue weighted by Crippen LogP contribution is 2.33. The Bertz CT molecular complexity index is 904. The van der Waals surface area contributed by atoms with E-state index >= 15 is 0 Å². The Balaban J connectivity index is 0.000000280. The van der Waals surface area contributed by atoms with E-state index in [9.17, 15) is 14.4 Å². The van der Waals surface area contributed by atoms with Crippen molar-refractivity contribution in [3.05, 3.63) is 63.9 Å². The monoisotopic (exact) mass is 704 g/mol. The summed E-state index contributed by atoms with van der Waals surface area (Å²) in [4.78, 5) is 32.7. The summed E-state index contributed by atoms with van der Waals surface area (Å²) in [7, 11) is 1.30. The highest BCUT2D eigenvalue weighted by Gasteiger charge is 2.15. The van der Waals surface area contributed by atoms with E-state index in [0.29, 0.717) is 37.3 Å². The molecular formula is C18H13Br5O5. The SMILES string of the molecule is COC(=O)c1cc(Br)c(C=O)c(Br)c1.Cc1c(C(=O)O)cc(Br)c(CBr)c1Br. The highest BCUT2D eigenvalue weighted by molar-refractivity contribution is 9.11. The summed E-state index contributed by atoms with van der Waals surface area (Å²) in [6, 6.07) is 4.71. The van der Waals surface area contributed by atoms with Crippen LogP contribution < -0.4 is 0 Å². The van der Waals surface area contributed by atoms with Crippen LogP contribution in [0.15, 0.2) is 36.1 Å². The van der Waals surface area contributed by atoms with Crippen LogP contribution in [0.2, 0.25) is 0 Å². The summed E-state index contributed by atoms with van der Waals surface area (Å²) in [6.45, 7) is 1.78. The minimum atomic E-state index is -0.912. The van der Waals surface area contributed by atoms with Crippen LogP contribution in [0.3, 0.4) is 0 Å². The zero-order chi connectivity index (χ0) is 21.6. The van der Waals surface area contributed by atoms with Gasteiger partial charge in [-0.3, -0.25) is 4.79 Å². The number of aldehydes is 1. The fourth-order valence-electron chi connectivity index (χ4n) is 2.05. The van der Waals surface area contributed by atoms with Crippen molar-refractivity contribution in [3.63, 3.8) is 0 Å². The predicted molar refractivity (Wildman–Crippen MR) is 125 cm³/mol. The van der Waals surface area contributed by atoms with Crippen molar-refractivity contribution in [2.75, 3.05) is 7.11 Å². The second kappa shape index (κ2) is 11.6. The Morgan fingerprint density at radius 3 is 2.00 bits per heavy atom. The zero-order valence-corrected chi connectivity index (χ0v) is 22.4. The van der Waals surface area contributed by atoms with Crippen molar-refractivity contribution >= 4 is 97.9 Å². The molecule has 150 valence electrons. The van der Waals surface area contributed by atoms with E-state index in [1.807, 2.05) is 0 Å². The first-order chi connectivity index (χ1) is 13.1. The molecule has 0 aromatic heterocycles. The molecule has 0 atom stereocenters. The predicted octanol–water partition coefficient (Wildman–Crippen LogP) is 6.92. The maximum Gasteiger partial charge on any atom is 0.337 e. The molecule has 0 saturated heterocycles. The molecule has 0 saturated carbocycles. The largest absolute Gasteiger partial charge is 0.478 e. The maximum atomic E-state index is 11.2. The summed E-state index contributed by atoms with van der Waals surface area (Å²) in [6.07, 6.45) is 0.704. The zero-order valence-electron chi connectivity index (χ0n) is 14.5. The van der Waals surface area contributed by atoms with Crippen LogP contribution in [0, 0.1) is 6.92 Å². The maximum absolute atomic E-state index is 11.2. The Morgan fingerprint density at radius 2 is 1.61 bits per heavy atom. The van der Waals surface area contributed by atoms with E-state index in [2.05, 4.69) is 84.4 Å². The summed E-state index contributed by atoms with van der Waals surface area (Å²) in [5.74, 6) is -1.35. The summed E-state index contributed by atoms with van der Waals surface area (Å²) in [5, 5.41) is 9.60. The third-order valence-electron chi connectivity index (χ3n) is 3.54. The molecule has 0 amide bonds. The number of esters is 1. The molecule has 0 spiro atoms. The molecule has 0 fully saturated rings. The highest BCUT2D eigenvalue weighted by atomic mass is 79.9. The molecule has 0 radical (unpaired) electrons. The van der Waals surface area contributed by atoms with Crippen LogP contribution in [-0.4, -0.2) is 30.4 Å². The first-order valence-corrected chi connectivity index (χ1v) is 11.7. The number of ether oxygens (including phenoxy) is 1. The number of carboxylic acids is 1. The Hall–Kier alpha value is -0.550. The molecule has 5 nitrogen and oxygen atoms in total. The molecule has 2 aromatic carbocycles. The third-order valence-corrected chi connectivity index (χ3v) is 7.19. The van der Waals surface area contributed by atoms with Crippen molar-refractivity contribution in [1.29, 1.82) is 0 Å². The van der Waals surface area contributed by atoms with Crippen molar-refractivity contribution in [3.8, 4) is 0 Å². The topological polar surface area (TPSA) is 80.7 Å². The number of benzene rings is 2. The lowest BCUT2D eigenvalue weighted by atomic mass is 10.1. The number of aromatic carboxylic acids is 1. The number of rotatable bonds is 4. The fourth-order valence-corrected chi connectivity index (χ4v) is 6.16. The van der Waals surface area contributed by atoms with E-state index in [1.165, 1.54) is 7.11 Å². The number of hydrogen-bond donors (Lipinski definition) is 1. The molecule has 0 bridgehead atoms. The number of carboxylic acid groups (broad SMARTS) is 1. The van der Waals surface area contributed by atoms with E-state index in [4.69, 9.17) is 5.11 Å². The smallest absolute Gasteiger partial charge is 0.337 e. The quantitative estimate of drug-likeness (QED) is 0.212. The molecule has 0 aliphatic rings. The van der Waals surface area contributed by atoms with Crippen LogP contribution in [0.5, 0.6) is 0 Å². The average Bonchev–Trinajstić information content (AvgIpc) is 2.64. The Kier molecular flexibility index (Phi) is 10.5. The fraction of sp³-hybridized carbons (Fsp3) is 0.167. The molecule has 10 heteroatoms. The van der Waals surface area contributed by atoms with Crippen molar-refractivity contribution < 1.29 is 24.2 Å². The molecule has 2 rings (SSSR count). The lowest BCUT2D eigenvalue weighted by Gasteiger charge is -2.10. The Labute approximate surface area is 203 Å². The van der Waals surface area contributed by atoms with Gasteiger partial charge in [0.15, 0.2) is 6.29 Å². The van der Waals surface area contributed by atoms with Crippen molar-refractivity contribution in [2.24, 2.45) is 0 Å². The molecule has 0 unspecified atom stereocenters. The minimum Gasteiger partial charge on any atom is -0.478 e. The summed E-state index contributed by atoms with van der Waals surface area (Å²) >= 11 is 16.4. The van der Waals surface area contributed by atoms with E-state index in [0.717, 1.165) is 20.1 Å². The van der Waals surface area contributed by atoms with Gasteiger partial charge in [0, 0.05) is 28.8 Å². The van der Waals surface area contributed by atoms with Crippen LogP contribution in [0.25, 0.3) is 0 Å². The normalized spacial score (nSPS) is 9.96. The van der Waals surface area contributed by atoms with Gasteiger partial charge in [0.25, 0.3) is 0 Å². The second-order valence-electron chi connectivity index (χ2n) is 5.23. The molecule has 0 aliphatic carbocycles. The average molecular weight is 709 g/mol. The molecule has 28 heavy (non-hydrogen) atoms. The van der Waals surface area contributed by atoms with Gasteiger partial charge >= 0.3 is 11.9 Å². The van der Waals surface area contributed by atoms with E-state index < -0.39 is 11.9 Å².